The van der Waals surface area contributed by atoms with E-state index in [2.05, 4.69) is 4.18 Å². The lowest BCUT2D eigenvalue weighted by atomic mass is 9.97. The van der Waals surface area contributed by atoms with Crippen molar-refractivity contribution in [2.45, 2.75) is 61.4 Å². The van der Waals surface area contributed by atoms with Crippen molar-refractivity contribution in [3.05, 3.63) is 0 Å². The average Bonchev–Trinajstić information content (AvgIpc) is 2.59. The molecule has 8 N–H and O–H groups in total. The van der Waals surface area contributed by atoms with Crippen LogP contribution in [0.25, 0.3) is 0 Å². The van der Waals surface area contributed by atoms with Gasteiger partial charge in [-0.25, -0.2) is 4.18 Å². The van der Waals surface area contributed by atoms with Crippen LogP contribution in [0, 0.1) is 0 Å². The summed E-state index contributed by atoms with van der Waals surface area (Å²) in [7, 11) is -4.89. The van der Waals surface area contributed by atoms with Crippen molar-refractivity contribution in [1.29, 1.82) is 0 Å². The van der Waals surface area contributed by atoms with Crippen LogP contribution >= 0.6 is 0 Å². The molecular formula is C12H22O14S. The van der Waals surface area contributed by atoms with Crippen molar-refractivity contribution in [3.8, 4) is 0 Å². The molecular weight excluding hydrogens is 400 g/mol. The summed E-state index contributed by atoms with van der Waals surface area (Å²) in [5.41, 5.74) is 0. The molecule has 14 nitrogen and oxygen atoms in total. The molecule has 2 aliphatic rings. The highest BCUT2D eigenvalue weighted by Crippen LogP contribution is 2.28. The van der Waals surface area contributed by atoms with Crippen LogP contribution in [-0.4, -0.2) is 123 Å². The normalized spacial score (nSPS) is 46.4. The Morgan fingerprint density at radius 1 is 0.815 bits per heavy atom. The van der Waals surface area contributed by atoms with E-state index in [1.54, 1.807) is 0 Å². The molecule has 0 aromatic rings. The Bertz CT molecular complexity index is 585. The third kappa shape index (κ3) is 5.30. The third-order valence-corrected chi connectivity index (χ3v) is 4.62. The Balaban J connectivity index is 2.12. The van der Waals surface area contributed by atoms with E-state index >= 15 is 0 Å². The van der Waals surface area contributed by atoms with E-state index < -0.39 is 85.0 Å². The smallest absolute Gasteiger partial charge is 0.394 e. The second kappa shape index (κ2) is 8.87. The zero-order valence-corrected chi connectivity index (χ0v) is 14.4. The second-order valence-corrected chi connectivity index (χ2v) is 7.15. The zero-order valence-electron chi connectivity index (χ0n) is 13.6. The quantitative estimate of drug-likeness (QED) is 0.186. The molecule has 0 unspecified atom stereocenters. The van der Waals surface area contributed by atoms with Gasteiger partial charge in [-0.3, -0.25) is 4.55 Å². The topological polar surface area (TPSA) is 233 Å². The molecule has 15 heteroatoms. The number of rotatable bonds is 6. The summed E-state index contributed by atoms with van der Waals surface area (Å²) in [6.45, 7) is -1.70. The highest BCUT2D eigenvalue weighted by atomic mass is 32.3. The first-order valence-corrected chi connectivity index (χ1v) is 9.10. The van der Waals surface area contributed by atoms with E-state index in [-0.39, 0.29) is 0 Å². The third-order valence-electron chi connectivity index (χ3n) is 4.18. The van der Waals surface area contributed by atoms with Gasteiger partial charge in [-0.05, 0) is 0 Å². The first-order chi connectivity index (χ1) is 12.5. The van der Waals surface area contributed by atoms with E-state index in [1.807, 2.05) is 0 Å². The Labute approximate surface area is 153 Å². The molecule has 2 heterocycles. The molecule has 0 radical (unpaired) electrons. The summed E-state index contributed by atoms with van der Waals surface area (Å²) in [6.07, 6.45) is -17.4. The predicted octanol–water partition coefficient (Wildman–Crippen LogP) is -5.57. The van der Waals surface area contributed by atoms with Gasteiger partial charge in [-0.1, -0.05) is 0 Å². The molecule has 2 rings (SSSR count). The number of ether oxygens (including phenoxy) is 3. The van der Waals surface area contributed by atoms with Crippen LogP contribution in [0.3, 0.4) is 0 Å². The van der Waals surface area contributed by atoms with Crippen molar-refractivity contribution in [3.63, 3.8) is 0 Å². The first-order valence-electron chi connectivity index (χ1n) is 7.73. The van der Waals surface area contributed by atoms with Crippen LogP contribution in [0.4, 0.5) is 0 Å². The molecule has 0 saturated carbocycles. The van der Waals surface area contributed by atoms with Gasteiger partial charge < -0.3 is 50.0 Å². The Kier molecular flexibility index (Phi) is 7.47. The molecule has 2 aliphatic heterocycles. The lowest BCUT2D eigenvalue weighted by Gasteiger charge is -2.45. The highest BCUT2D eigenvalue weighted by molar-refractivity contribution is 7.80. The van der Waals surface area contributed by atoms with Gasteiger partial charge in [0.2, 0.25) is 0 Å². The molecule has 2 saturated heterocycles. The van der Waals surface area contributed by atoms with Gasteiger partial charge in [0.1, 0.15) is 48.8 Å². The molecule has 27 heavy (non-hydrogen) atoms. The summed E-state index contributed by atoms with van der Waals surface area (Å²) in [6, 6.07) is 0. The lowest BCUT2D eigenvalue weighted by molar-refractivity contribution is -0.355. The monoisotopic (exact) mass is 422 g/mol. The summed E-state index contributed by atoms with van der Waals surface area (Å²) >= 11 is 0. The van der Waals surface area contributed by atoms with Crippen molar-refractivity contribution >= 4 is 10.4 Å². The highest BCUT2D eigenvalue weighted by Gasteiger charge is 2.50. The predicted molar refractivity (Wildman–Crippen MR) is 79.0 cm³/mol. The molecule has 0 aliphatic carbocycles. The fourth-order valence-electron chi connectivity index (χ4n) is 2.70. The molecule has 0 bridgehead atoms. The van der Waals surface area contributed by atoms with E-state index in [0.717, 1.165) is 0 Å². The average molecular weight is 422 g/mol. The molecule has 2 fully saturated rings. The largest absolute Gasteiger partial charge is 0.397 e. The van der Waals surface area contributed by atoms with Crippen molar-refractivity contribution in [1.82, 2.24) is 0 Å². The van der Waals surface area contributed by atoms with Gasteiger partial charge in [0.15, 0.2) is 12.6 Å². The number of hydrogen-bond donors (Lipinski definition) is 8. The van der Waals surface area contributed by atoms with Crippen LogP contribution in [0.2, 0.25) is 0 Å². The van der Waals surface area contributed by atoms with Crippen molar-refractivity contribution in [2.75, 3.05) is 13.2 Å². The number of hydrogen-bond acceptors (Lipinski definition) is 13. The van der Waals surface area contributed by atoms with E-state index in [0.29, 0.717) is 0 Å². The van der Waals surface area contributed by atoms with Gasteiger partial charge in [0.25, 0.3) is 0 Å². The zero-order chi connectivity index (χ0) is 20.5. The van der Waals surface area contributed by atoms with Gasteiger partial charge in [0, 0.05) is 0 Å². The van der Waals surface area contributed by atoms with Gasteiger partial charge in [0.05, 0.1) is 13.2 Å². The van der Waals surface area contributed by atoms with Crippen LogP contribution in [-0.2, 0) is 28.8 Å². The maximum atomic E-state index is 10.6. The Morgan fingerprint density at radius 3 is 2.00 bits per heavy atom. The van der Waals surface area contributed by atoms with Crippen molar-refractivity contribution < 1.29 is 67.1 Å². The maximum Gasteiger partial charge on any atom is 0.397 e. The summed E-state index contributed by atoms with van der Waals surface area (Å²) in [4.78, 5) is 0. The molecule has 160 valence electrons. The first kappa shape index (κ1) is 22.8. The maximum absolute atomic E-state index is 10.6. The minimum absolute atomic E-state index is 0.745. The SMILES string of the molecule is O=S(=O)(O)OC[C@H]1O[C@@H](O[C@@H]2[C@@H](O)[C@H](O)O[C@H](CO)[C@H]2O)[C@H](O)[C@@H](O)[C@@H]1O. The summed E-state index contributed by atoms with van der Waals surface area (Å²) in [5, 5.41) is 68.3. The molecule has 0 amide bonds. The van der Waals surface area contributed by atoms with Gasteiger partial charge in [-0.2, -0.15) is 8.42 Å². The Morgan fingerprint density at radius 2 is 1.44 bits per heavy atom. The van der Waals surface area contributed by atoms with Crippen LogP contribution < -0.4 is 0 Å². The fraction of sp³-hybridized carbons (Fsp3) is 1.00. The van der Waals surface area contributed by atoms with Crippen molar-refractivity contribution in [2.24, 2.45) is 0 Å². The molecule has 0 aromatic carbocycles. The molecule has 10 atom stereocenters. The molecule has 0 aromatic heterocycles. The van der Waals surface area contributed by atoms with E-state index in [4.69, 9.17) is 23.9 Å². The van der Waals surface area contributed by atoms with Crippen LogP contribution in [0.5, 0.6) is 0 Å². The van der Waals surface area contributed by atoms with Gasteiger partial charge >= 0.3 is 10.4 Å². The van der Waals surface area contributed by atoms with Crippen LogP contribution in [0.15, 0.2) is 0 Å². The van der Waals surface area contributed by atoms with E-state index in [9.17, 15) is 39.1 Å². The summed E-state index contributed by atoms with van der Waals surface area (Å²) < 4.78 is 48.9. The van der Waals surface area contributed by atoms with Gasteiger partial charge in [-0.15, -0.1) is 0 Å². The molecule has 0 spiro atoms. The standard InChI is InChI=1S/C12H22O14S/c13-1-3-6(15)10(9(18)11(19)24-3)26-12-8(17)7(16)5(14)4(25-12)2-23-27(20,21)22/h3-19H,1-2H2,(H,20,21,22)/t3-,4-,5-,6-,7+,8-,9-,10+,11-,12+/m1/s1. The minimum Gasteiger partial charge on any atom is -0.394 e. The van der Waals surface area contributed by atoms with Crippen LogP contribution in [0.1, 0.15) is 0 Å². The Hall–Kier alpha value is -0.530. The lowest BCUT2D eigenvalue weighted by Crippen LogP contribution is -2.64. The number of aliphatic hydroxyl groups excluding tert-OH is 7. The minimum atomic E-state index is -4.89. The summed E-state index contributed by atoms with van der Waals surface area (Å²) in [5.74, 6) is 0. The second-order valence-electron chi connectivity index (χ2n) is 6.06. The fourth-order valence-corrected chi connectivity index (χ4v) is 3.01. The van der Waals surface area contributed by atoms with E-state index in [1.165, 1.54) is 0 Å². The number of aliphatic hydroxyl groups is 7.